The van der Waals surface area contributed by atoms with E-state index in [2.05, 4.69) is 10.6 Å². The number of imide groups is 1. The van der Waals surface area contributed by atoms with Crippen LogP contribution in [0.5, 0.6) is 17.2 Å². The topological polar surface area (TPSA) is 106 Å². The molecule has 1 saturated heterocycles. The minimum atomic E-state index is -0.711. The van der Waals surface area contributed by atoms with Crippen LogP contribution in [-0.4, -0.2) is 43.5 Å². The molecule has 0 bridgehead atoms. The quantitative estimate of drug-likeness (QED) is 0.337. The Labute approximate surface area is 212 Å². The van der Waals surface area contributed by atoms with E-state index in [-0.39, 0.29) is 18.1 Å². The summed E-state index contributed by atoms with van der Waals surface area (Å²) in [5.41, 5.74) is 1.78. The number of hydrogen-bond donors (Lipinski definition) is 2. The van der Waals surface area contributed by atoms with Gasteiger partial charge in [-0.25, -0.2) is 14.1 Å². The molecule has 190 valence electrons. The first-order chi connectivity index (χ1) is 17.9. The van der Waals surface area contributed by atoms with Gasteiger partial charge in [-0.15, -0.1) is 0 Å². The Bertz CT molecular complexity index is 1360. The van der Waals surface area contributed by atoms with Crippen molar-refractivity contribution in [3.8, 4) is 17.2 Å². The van der Waals surface area contributed by atoms with Crippen molar-refractivity contribution >= 4 is 29.6 Å². The van der Waals surface area contributed by atoms with Crippen LogP contribution >= 0.6 is 0 Å². The number of hydrogen-bond acceptors (Lipinski definition) is 6. The van der Waals surface area contributed by atoms with Crippen molar-refractivity contribution in [1.82, 2.24) is 10.2 Å². The highest BCUT2D eigenvalue weighted by Crippen LogP contribution is 2.30. The summed E-state index contributed by atoms with van der Waals surface area (Å²) in [6.45, 7) is -0.267. The maximum atomic E-state index is 13.1. The number of anilines is 1. The maximum absolute atomic E-state index is 13.1. The monoisotopic (exact) mass is 505 g/mol. The van der Waals surface area contributed by atoms with E-state index in [1.165, 1.54) is 32.4 Å². The first kappa shape index (κ1) is 25.2. The van der Waals surface area contributed by atoms with Gasteiger partial charge in [0, 0.05) is 0 Å². The van der Waals surface area contributed by atoms with Gasteiger partial charge in [0.2, 0.25) is 5.91 Å². The van der Waals surface area contributed by atoms with Crippen molar-refractivity contribution in [3.63, 3.8) is 0 Å². The number of carbonyl (C=O) groups excluding carboxylic acids is 3. The fourth-order valence-electron chi connectivity index (χ4n) is 3.60. The number of ether oxygens (including phenoxy) is 3. The number of nitrogens with one attached hydrogen (secondary N) is 2. The van der Waals surface area contributed by atoms with Crippen LogP contribution in [0.15, 0.2) is 72.4 Å². The molecule has 0 aliphatic carbocycles. The van der Waals surface area contributed by atoms with Gasteiger partial charge >= 0.3 is 6.03 Å². The number of rotatable bonds is 9. The summed E-state index contributed by atoms with van der Waals surface area (Å²) < 4.78 is 29.5. The number of carbonyl (C=O) groups is 3. The molecule has 0 radical (unpaired) electrons. The summed E-state index contributed by atoms with van der Waals surface area (Å²) >= 11 is 0. The van der Waals surface area contributed by atoms with Crippen LogP contribution in [-0.2, 0) is 16.2 Å². The maximum Gasteiger partial charge on any atom is 0.329 e. The zero-order valence-electron chi connectivity index (χ0n) is 20.1. The van der Waals surface area contributed by atoms with Crippen molar-refractivity contribution in [2.24, 2.45) is 0 Å². The second-order valence-corrected chi connectivity index (χ2v) is 7.95. The van der Waals surface area contributed by atoms with E-state index in [9.17, 15) is 18.8 Å². The van der Waals surface area contributed by atoms with Gasteiger partial charge in [0.25, 0.3) is 5.91 Å². The molecular formula is C27H24FN3O6. The summed E-state index contributed by atoms with van der Waals surface area (Å²) in [4.78, 5) is 38.5. The molecule has 4 rings (SSSR count). The lowest BCUT2D eigenvalue weighted by molar-refractivity contribution is -0.127. The smallest absolute Gasteiger partial charge is 0.329 e. The van der Waals surface area contributed by atoms with Crippen LogP contribution in [0, 0.1) is 5.82 Å². The third kappa shape index (κ3) is 6.04. The van der Waals surface area contributed by atoms with Crippen molar-refractivity contribution in [1.29, 1.82) is 0 Å². The second-order valence-electron chi connectivity index (χ2n) is 7.95. The van der Waals surface area contributed by atoms with Crippen LogP contribution < -0.4 is 24.8 Å². The molecule has 1 heterocycles. The number of methoxy groups -OCH3 is 2. The van der Waals surface area contributed by atoms with Crippen molar-refractivity contribution in [2.45, 2.75) is 6.61 Å². The Balaban J connectivity index is 1.43. The number of benzene rings is 3. The lowest BCUT2D eigenvalue weighted by Crippen LogP contribution is -2.38. The Morgan fingerprint density at radius 1 is 0.973 bits per heavy atom. The van der Waals surface area contributed by atoms with Crippen LogP contribution in [0.25, 0.3) is 6.08 Å². The third-order valence-electron chi connectivity index (χ3n) is 5.45. The molecule has 0 spiro atoms. The lowest BCUT2D eigenvalue weighted by Gasteiger charge is -2.13. The predicted octanol–water partition coefficient (Wildman–Crippen LogP) is 3.95. The Morgan fingerprint density at radius 2 is 1.70 bits per heavy atom. The largest absolute Gasteiger partial charge is 0.495 e. The van der Waals surface area contributed by atoms with E-state index >= 15 is 0 Å². The van der Waals surface area contributed by atoms with E-state index < -0.39 is 24.4 Å². The van der Waals surface area contributed by atoms with E-state index in [0.717, 1.165) is 10.5 Å². The highest BCUT2D eigenvalue weighted by atomic mass is 19.1. The second kappa shape index (κ2) is 11.3. The predicted molar refractivity (Wildman–Crippen MR) is 134 cm³/mol. The SMILES string of the molecule is COc1ccccc1NC(=O)CN1C(=O)N/C(=C/c2ccc(OCc3ccc(F)cc3)c(OC)c2)C1=O. The molecule has 9 nitrogen and oxygen atoms in total. The molecule has 0 saturated carbocycles. The third-order valence-corrected chi connectivity index (χ3v) is 5.45. The number of halogens is 1. The zero-order chi connectivity index (χ0) is 26.4. The molecule has 3 aromatic carbocycles. The fraction of sp³-hybridized carbons (Fsp3) is 0.148. The Morgan fingerprint density at radius 3 is 2.43 bits per heavy atom. The molecule has 0 unspecified atom stereocenters. The van der Waals surface area contributed by atoms with Gasteiger partial charge in [-0.3, -0.25) is 9.59 Å². The van der Waals surface area contributed by atoms with Gasteiger partial charge < -0.3 is 24.8 Å². The fourth-order valence-corrected chi connectivity index (χ4v) is 3.60. The minimum absolute atomic E-state index is 0.0112. The molecule has 0 aromatic heterocycles. The highest BCUT2D eigenvalue weighted by Gasteiger charge is 2.35. The average Bonchev–Trinajstić information content (AvgIpc) is 3.16. The van der Waals surface area contributed by atoms with Gasteiger partial charge in [-0.2, -0.15) is 0 Å². The van der Waals surface area contributed by atoms with E-state index in [4.69, 9.17) is 14.2 Å². The number of para-hydroxylation sites is 2. The summed E-state index contributed by atoms with van der Waals surface area (Å²) in [6, 6.07) is 17.0. The van der Waals surface area contributed by atoms with Crippen molar-refractivity contribution < 1.29 is 33.0 Å². The van der Waals surface area contributed by atoms with E-state index in [0.29, 0.717) is 28.5 Å². The van der Waals surface area contributed by atoms with Crippen molar-refractivity contribution in [3.05, 3.63) is 89.4 Å². The Kier molecular flexibility index (Phi) is 7.68. The lowest BCUT2D eigenvalue weighted by atomic mass is 10.1. The van der Waals surface area contributed by atoms with E-state index in [1.807, 2.05) is 0 Å². The summed E-state index contributed by atoms with van der Waals surface area (Å²) in [7, 11) is 2.94. The molecule has 4 amide bonds. The van der Waals surface area contributed by atoms with Crippen LogP contribution in [0.4, 0.5) is 14.9 Å². The summed E-state index contributed by atoms with van der Waals surface area (Å²) in [5.74, 6) is -0.225. The molecule has 10 heteroatoms. The van der Waals surface area contributed by atoms with Crippen LogP contribution in [0.2, 0.25) is 0 Å². The first-order valence-corrected chi connectivity index (χ1v) is 11.2. The van der Waals surface area contributed by atoms with Gasteiger partial charge in [0.15, 0.2) is 11.5 Å². The number of amides is 4. The molecule has 1 fully saturated rings. The molecule has 37 heavy (non-hydrogen) atoms. The van der Waals surface area contributed by atoms with Gasteiger partial charge in [-0.1, -0.05) is 30.3 Å². The first-order valence-electron chi connectivity index (χ1n) is 11.2. The number of urea groups is 1. The normalized spacial score (nSPS) is 13.9. The van der Waals surface area contributed by atoms with Gasteiger partial charge in [0.05, 0.1) is 19.9 Å². The summed E-state index contributed by atoms with van der Waals surface area (Å²) in [6.07, 6.45) is 1.48. The molecule has 3 aromatic rings. The molecule has 2 N–H and O–H groups in total. The van der Waals surface area contributed by atoms with Gasteiger partial charge in [0.1, 0.15) is 30.4 Å². The minimum Gasteiger partial charge on any atom is -0.495 e. The standard InChI is InChI=1S/C27H24FN3O6/c1-35-22-6-4-3-5-20(22)29-25(32)15-31-26(33)21(30-27(31)34)13-18-9-12-23(24(14-18)36-2)37-16-17-7-10-19(28)11-8-17/h3-14H,15-16H2,1-2H3,(H,29,32)(H,30,34)/b21-13+. The summed E-state index contributed by atoms with van der Waals surface area (Å²) in [5, 5.41) is 5.12. The molecule has 0 atom stereocenters. The van der Waals surface area contributed by atoms with Crippen molar-refractivity contribution in [2.75, 3.05) is 26.1 Å². The highest BCUT2D eigenvalue weighted by molar-refractivity contribution is 6.16. The molecule has 1 aliphatic rings. The van der Waals surface area contributed by atoms with Gasteiger partial charge in [-0.05, 0) is 53.6 Å². The molecular weight excluding hydrogens is 481 g/mol. The van der Waals surface area contributed by atoms with E-state index in [1.54, 1.807) is 54.6 Å². The average molecular weight is 506 g/mol. The molecule has 1 aliphatic heterocycles. The number of nitrogens with zero attached hydrogens (tertiary/aromatic N) is 1. The zero-order valence-corrected chi connectivity index (χ0v) is 20.1. The van der Waals surface area contributed by atoms with Crippen LogP contribution in [0.1, 0.15) is 11.1 Å². The Hall–Kier alpha value is -4.86. The van der Waals surface area contributed by atoms with Crippen LogP contribution in [0.3, 0.4) is 0 Å².